The Morgan fingerprint density at radius 1 is 1.45 bits per heavy atom. The van der Waals surface area contributed by atoms with Gasteiger partial charge in [-0.1, -0.05) is 6.92 Å². The van der Waals surface area contributed by atoms with Crippen LogP contribution in [0, 0.1) is 6.92 Å². The smallest absolute Gasteiger partial charge is 0.317 e. The molecular formula is C15H23N5OS. The summed E-state index contributed by atoms with van der Waals surface area (Å²) in [5, 5.41) is 8.26. The highest BCUT2D eigenvalue weighted by molar-refractivity contribution is 7.11. The molecule has 0 aliphatic heterocycles. The maximum atomic E-state index is 12.3. The lowest BCUT2D eigenvalue weighted by Crippen LogP contribution is -2.41. The Hall–Kier alpha value is -1.89. The van der Waals surface area contributed by atoms with Gasteiger partial charge in [-0.15, -0.1) is 11.3 Å². The number of hydrogen-bond acceptors (Lipinski definition) is 4. The van der Waals surface area contributed by atoms with E-state index in [-0.39, 0.29) is 6.03 Å². The van der Waals surface area contributed by atoms with Gasteiger partial charge in [-0.2, -0.15) is 5.10 Å². The van der Waals surface area contributed by atoms with Crippen molar-refractivity contribution in [3.8, 4) is 0 Å². The molecule has 1 N–H and O–H groups in total. The van der Waals surface area contributed by atoms with Gasteiger partial charge in [-0.25, -0.2) is 9.78 Å². The van der Waals surface area contributed by atoms with Crippen LogP contribution in [0.5, 0.6) is 0 Å². The number of nitrogens with one attached hydrogen (secondary N) is 1. The lowest BCUT2D eigenvalue weighted by molar-refractivity contribution is 0.197. The standard InChI is InChI=1S/C15H23N5OS/c1-4-14-18-12(3)13(22-14)11-16-15(21)19(5-2)9-10-20-8-6-7-17-20/h6-8H,4-5,9-11H2,1-3H3,(H,16,21). The summed E-state index contributed by atoms with van der Waals surface area (Å²) in [6, 6.07) is 1.84. The number of carbonyl (C=O) groups is 1. The number of carbonyl (C=O) groups excluding carboxylic acids is 1. The molecule has 0 saturated carbocycles. The topological polar surface area (TPSA) is 63.1 Å². The van der Waals surface area contributed by atoms with Crippen LogP contribution in [0.25, 0.3) is 0 Å². The molecule has 2 heterocycles. The molecule has 2 aromatic heterocycles. The van der Waals surface area contributed by atoms with Crippen molar-refractivity contribution in [3.05, 3.63) is 34.0 Å². The first-order valence-corrected chi connectivity index (χ1v) is 8.41. The van der Waals surface area contributed by atoms with E-state index in [4.69, 9.17) is 0 Å². The van der Waals surface area contributed by atoms with Crippen LogP contribution in [0.4, 0.5) is 4.79 Å². The molecule has 2 aromatic rings. The van der Waals surface area contributed by atoms with E-state index in [0.717, 1.165) is 22.0 Å². The van der Waals surface area contributed by atoms with Crippen LogP contribution >= 0.6 is 11.3 Å². The fraction of sp³-hybridized carbons (Fsp3) is 0.533. The SMILES string of the molecule is CCc1nc(C)c(CNC(=O)N(CC)CCn2cccn2)s1. The first-order valence-electron chi connectivity index (χ1n) is 7.59. The molecule has 0 fully saturated rings. The maximum absolute atomic E-state index is 12.3. The highest BCUT2D eigenvalue weighted by Crippen LogP contribution is 2.18. The molecule has 0 radical (unpaired) electrons. The monoisotopic (exact) mass is 321 g/mol. The number of rotatable bonds is 7. The number of likely N-dealkylation sites (N-methyl/N-ethyl adjacent to an activating group) is 1. The number of amides is 2. The Bertz CT molecular complexity index is 593. The summed E-state index contributed by atoms with van der Waals surface area (Å²) >= 11 is 1.67. The third kappa shape index (κ3) is 4.30. The van der Waals surface area contributed by atoms with Crippen molar-refractivity contribution < 1.29 is 4.79 Å². The number of urea groups is 1. The van der Waals surface area contributed by atoms with Crippen LogP contribution in [-0.4, -0.2) is 38.8 Å². The predicted octanol–water partition coefficient (Wildman–Crippen LogP) is 2.44. The van der Waals surface area contributed by atoms with Gasteiger partial charge in [-0.3, -0.25) is 4.68 Å². The molecule has 0 spiro atoms. The van der Waals surface area contributed by atoms with E-state index in [9.17, 15) is 4.79 Å². The Morgan fingerprint density at radius 3 is 2.86 bits per heavy atom. The van der Waals surface area contributed by atoms with E-state index in [0.29, 0.717) is 26.2 Å². The normalized spacial score (nSPS) is 10.7. The molecule has 6 nitrogen and oxygen atoms in total. The van der Waals surface area contributed by atoms with Crippen molar-refractivity contribution in [2.24, 2.45) is 0 Å². The van der Waals surface area contributed by atoms with Gasteiger partial charge in [-0.05, 0) is 26.3 Å². The van der Waals surface area contributed by atoms with Crippen molar-refractivity contribution in [1.82, 2.24) is 25.0 Å². The van der Waals surface area contributed by atoms with E-state index < -0.39 is 0 Å². The summed E-state index contributed by atoms with van der Waals surface area (Å²) < 4.78 is 1.83. The highest BCUT2D eigenvalue weighted by atomic mass is 32.1. The second kappa shape index (κ2) is 7.93. The second-order valence-corrected chi connectivity index (χ2v) is 6.15. The van der Waals surface area contributed by atoms with Crippen LogP contribution in [0.3, 0.4) is 0 Å². The van der Waals surface area contributed by atoms with Crippen LogP contribution in [0.15, 0.2) is 18.5 Å². The Labute approximate surface area is 135 Å². The van der Waals surface area contributed by atoms with Gasteiger partial charge in [0, 0.05) is 30.4 Å². The van der Waals surface area contributed by atoms with Gasteiger partial charge in [0.1, 0.15) is 0 Å². The summed E-state index contributed by atoms with van der Waals surface area (Å²) in [5.74, 6) is 0. The van der Waals surface area contributed by atoms with Crippen LogP contribution < -0.4 is 5.32 Å². The fourth-order valence-electron chi connectivity index (χ4n) is 2.13. The number of aryl methyl sites for hydroxylation is 2. The lowest BCUT2D eigenvalue weighted by atomic mass is 10.4. The minimum atomic E-state index is -0.0412. The first kappa shape index (κ1) is 16.5. The van der Waals surface area contributed by atoms with Crippen molar-refractivity contribution in [2.75, 3.05) is 13.1 Å². The molecule has 2 amide bonds. The molecule has 0 aliphatic rings. The third-order valence-electron chi connectivity index (χ3n) is 3.47. The summed E-state index contributed by atoms with van der Waals surface area (Å²) in [4.78, 5) is 19.7. The van der Waals surface area contributed by atoms with Crippen LogP contribution in [0.2, 0.25) is 0 Å². The molecule has 0 unspecified atom stereocenters. The van der Waals surface area contributed by atoms with E-state index in [1.807, 2.05) is 30.8 Å². The Balaban J connectivity index is 1.84. The molecular weight excluding hydrogens is 298 g/mol. The molecule has 7 heteroatoms. The van der Waals surface area contributed by atoms with Gasteiger partial charge >= 0.3 is 6.03 Å². The van der Waals surface area contributed by atoms with Gasteiger partial charge in [0.25, 0.3) is 0 Å². The maximum Gasteiger partial charge on any atom is 0.317 e. The summed E-state index contributed by atoms with van der Waals surface area (Å²) in [5.41, 5.74) is 1.02. The molecule has 2 rings (SSSR count). The molecule has 0 saturated heterocycles. The lowest BCUT2D eigenvalue weighted by Gasteiger charge is -2.21. The number of thiazole rings is 1. The van der Waals surface area contributed by atoms with Crippen molar-refractivity contribution >= 4 is 17.4 Å². The minimum absolute atomic E-state index is 0.0412. The molecule has 0 aromatic carbocycles. The summed E-state index contributed by atoms with van der Waals surface area (Å²) in [6.45, 7) is 8.63. The molecule has 22 heavy (non-hydrogen) atoms. The highest BCUT2D eigenvalue weighted by Gasteiger charge is 2.13. The fourth-order valence-corrected chi connectivity index (χ4v) is 3.08. The number of nitrogens with zero attached hydrogens (tertiary/aromatic N) is 4. The quantitative estimate of drug-likeness (QED) is 0.852. The summed E-state index contributed by atoms with van der Waals surface area (Å²) in [6.07, 6.45) is 4.58. The first-order chi connectivity index (χ1) is 10.6. The van der Waals surface area contributed by atoms with E-state index in [2.05, 4.69) is 22.3 Å². The van der Waals surface area contributed by atoms with Crippen LogP contribution in [0.1, 0.15) is 29.4 Å². The van der Waals surface area contributed by atoms with E-state index >= 15 is 0 Å². The Morgan fingerprint density at radius 2 is 2.27 bits per heavy atom. The third-order valence-corrected chi connectivity index (χ3v) is 4.77. The number of aromatic nitrogens is 3. The average molecular weight is 321 g/mol. The predicted molar refractivity (Wildman–Crippen MR) is 87.9 cm³/mol. The molecule has 120 valence electrons. The van der Waals surface area contributed by atoms with Crippen molar-refractivity contribution in [1.29, 1.82) is 0 Å². The van der Waals surface area contributed by atoms with E-state index in [1.165, 1.54) is 0 Å². The molecule has 0 bridgehead atoms. The zero-order valence-corrected chi connectivity index (χ0v) is 14.2. The van der Waals surface area contributed by atoms with Gasteiger partial charge in [0.05, 0.1) is 23.8 Å². The molecule has 0 atom stereocenters. The average Bonchev–Trinajstić information content (AvgIpc) is 3.15. The van der Waals surface area contributed by atoms with Crippen molar-refractivity contribution in [3.63, 3.8) is 0 Å². The van der Waals surface area contributed by atoms with Gasteiger partial charge in [0.2, 0.25) is 0 Å². The minimum Gasteiger partial charge on any atom is -0.333 e. The van der Waals surface area contributed by atoms with Gasteiger partial charge in [0.15, 0.2) is 0 Å². The van der Waals surface area contributed by atoms with Gasteiger partial charge < -0.3 is 10.2 Å². The van der Waals surface area contributed by atoms with E-state index in [1.54, 1.807) is 22.4 Å². The zero-order chi connectivity index (χ0) is 15.9. The molecule has 0 aliphatic carbocycles. The second-order valence-electron chi connectivity index (χ2n) is 4.98. The Kier molecular flexibility index (Phi) is 5.94. The largest absolute Gasteiger partial charge is 0.333 e. The van der Waals surface area contributed by atoms with Crippen molar-refractivity contribution in [2.45, 2.75) is 40.3 Å². The van der Waals surface area contributed by atoms with Crippen LogP contribution in [-0.2, 0) is 19.5 Å². The number of hydrogen-bond donors (Lipinski definition) is 1. The zero-order valence-electron chi connectivity index (χ0n) is 13.4. The summed E-state index contributed by atoms with van der Waals surface area (Å²) in [7, 11) is 0.